The molecular weight excluding hydrogens is 350 g/mol. The number of hydrogen-bond donors (Lipinski definition) is 0. The van der Waals surface area contributed by atoms with Gasteiger partial charge in [-0.1, -0.05) is 30.0 Å². The number of aromatic nitrogens is 1. The molecule has 26 heavy (non-hydrogen) atoms. The molecule has 132 valence electrons. The fourth-order valence-corrected chi connectivity index (χ4v) is 4.14. The Balaban J connectivity index is 1.66. The van der Waals surface area contributed by atoms with E-state index in [2.05, 4.69) is 4.98 Å². The molecular formula is C19H17N3O3S. The highest BCUT2D eigenvalue weighted by atomic mass is 32.2. The van der Waals surface area contributed by atoms with Crippen LogP contribution in [0.3, 0.4) is 0 Å². The zero-order valence-electron chi connectivity index (χ0n) is 14.0. The van der Waals surface area contributed by atoms with Crippen LogP contribution in [-0.4, -0.2) is 45.9 Å². The second-order valence-electron chi connectivity index (χ2n) is 6.20. The molecule has 1 saturated heterocycles. The quantitative estimate of drug-likeness (QED) is 0.779. The number of anilines is 1. The number of rotatable bonds is 3. The average Bonchev–Trinajstić information content (AvgIpc) is 3.14. The minimum atomic E-state index is -0.557. The maximum atomic E-state index is 13.1. The molecule has 0 unspecified atom stereocenters. The normalized spacial score (nSPS) is 19.2. The Morgan fingerprint density at radius 1 is 1.15 bits per heavy atom. The minimum absolute atomic E-state index is 0.0813. The van der Waals surface area contributed by atoms with Gasteiger partial charge in [0.2, 0.25) is 5.91 Å². The molecule has 3 amide bonds. The first-order valence-electron chi connectivity index (χ1n) is 8.47. The molecule has 1 atom stereocenters. The smallest absolute Gasteiger partial charge is 0.256 e. The monoisotopic (exact) mass is 367 g/mol. The lowest BCUT2D eigenvalue weighted by molar-refractivity contribution is -0.127. The van der Waals surface area contributed by atoms with Gasteiger partial charge in [-0.25, -0.2) is 9.88 Å². The molecule has 1 fully saturated rings. The number of nitrogens with zero attached hydrogens (tertiary/aromatic N) is 3. The topological polar surface area (TPSA) is 70.6 Å². The van der Waals surface area contributed by atoms with Gasteiger partial charge in [0, 0.05) is 12.7 Å². The Labute approximate surface area is 155 Å². The number of amides is 3. The molecule has 0 spiro atoms. The molecule has 3 heterocycles. The Kier molecular flexibility index (Phi) is 4.46. The second-order valence-corrected chi connectivity index (χ2v) is 7.19. The predicted octanol–water partition coefficient (Wildman–Crippen LogP) is 2.35. The van der Waals surface area contributed by atoms with Gasteiger partial charge in [-0.15, -0.1) is 0 Å². The van der Waals surface area contributed by atoms with Gasteiger partial charge in [-0.3, -0.25) is 14.4 Å². The summed E-state index contributed by atoms with van der Waals surface area (Å²) in [5.74, 6) is -0.742. The second kappa shape index (κ2) is 6.92. The van der Waals surface area contributed by atoms with Crippen molar-refractivity contribution in [3.05, 3.63) is 54.2 Å². The van der Waals surface area contributed by atoms with Crippen LogP contribution < -0.4 is 4.90 Å². The minimum Gasteiger partial charge on any atom is -0.327 e. The molecule has 0 bridgehead atoms. The molecule has 4 rings (SSSR count). The fraction of sp³-hybridized carbons (Fsp3) is 0.263. The van der Waals surface area contributed by atoms with Gasteiger partial charge in [-0.2, -0.15) is 0 Å². The predicted molar refractivity (Wildman–Crippen MR) is 98.0 cm³/mol. The van der Waals surface area contributed by atoms with E-state index < -0.39 is 6.04 Å². The lowest BCUT2D eigenvalue weighted by atomic mass is 10.1. The van der Waals surface area contributed by atoms with Crippen molar-refractivity contribution in [1.82, 2.24) is 9.88 Å². The molecule has 2 aliphatic heterocycles. The van der Waals surface area contributed by atoms with Crippen LogP contribution in [0.4, 0.5) is 5.69 Å². The number of benzene rings is 1. The van der Waals surface area contributed by atoms with E-state index in [1.807, 2.05) is 12.1 Å². The van der Waals surface area contributed by atoms with Crippen molar-refractivity contribution in [3.63, 3.8) is 0 Å². The van der Waals surface area contributed by atoms with Crippen LogP contribution in [0, 0.1) is 0 Å². The average molecular weight is 367 g/mol. The van der Waals surface area contributed by atoms with E-state index in [9.17, 15) is 14.4 Å². The first kappa shape index (κ1) is 16.8. The van der Waals surface area contributed by atoms with E-state index in [4.69, 9.17) is 0 Å². The number of carbonyl (C=O) groups excluding carboxylic acids is 3. The first-order valence-corrected chi connectivity index (χ1v) is 9.46. The Morgan fingerprint density at radius 2 is 1.96 bits per heavy atom. The summed E-state index contributed by atoms with van der Waals surface area (Å²) in [5.41, 5.74) is 0.782. The van der Waals surface area contributed by atoms with Gasteiger partial charge < -0.3 is 4.90 Å². The molecule has 0 aliphatic carbocycles. The number of fused-ring (bicyclic) bond motifs is 2. The molecule has 0 N–H and O–H groups in total. The fourth-order valence-electron chi connectivity index (χ4n) is 3.43. The summed E-state index contributed by atoms with van der Waals surface area (Å²) in [7, 11) is 0. The van der Waals surface area contributed by atoms with Crippen LogP contribution in [0.1, 0.15) is 23.2 Å². The standard InChI is InChI=1S/C19H17N3O3S/c23-17(12-26-16-9-3-4-10-20-16)22-14-7-2-1-6-13(14)18(24)21-11-5-8-15(21)19(22)25/h1-4,6-7,9-10,15H,5,8,11-12H2/t15-/m1/s1. The van der Waals surface area contributed by atoms with Crippen molar-refractivity contribution >= 4 is 35.2 Å². The zero-order valence-corrected chi connectivity index (χ0v) is 14.8. The zero-order chi connectivity index (χ0) is 18.1. The highest BCUT2D eigenvalue weighted by Crippen LogP contribution is 2.33. The van der Waals surface area contributed by atoms with E-state index in [-0.39, 0.29) is 23.5 Å². The third-order valence-electron chi connectivity index (χ3n) is 4.63. The van der Waals surface area contributed by atoms with Gasteiger partial charge in [0.1, 0.15) is 6.04 Å². The van der Waals surface area contributed by atoms with Crippen LogP contribution in [0.2, 0.25) is 0 Å². The number of pyridine rings is 1. The summed E-state index contributed by atoms with van der Waals surface area (Å²) in [6.07, 6.45) is 3.03. The lowest BCUT2D eigenvalue weighted by Crippen LogP contribution is -2.47. The van der Waals surface area contributed by atoms with Crippen LogP contribution >= 0.6 is 11.8 Å². The first-order chi connectivity index (χ1) is 12.7. The molecule has 1 aromatic heterocycles. The third-order valence-corrected chi connectivity index (χ3v) is 5.55. The Bertz CT molecular complexity index is 871. The largest absolute Gasteiger partial charge is 0.327 e. The van der Waals surface area contributed by atoms with Crippen molar-refractivity contribution in [2.24, 2.45) is 0 Å². The number of carbonyl (C=O) groups is 3. The summed E-state index contributed by atoms with van der Waals surface area (Å²) >= 11 is 1.28. The Morgan fingerprint density at radius 3 is 2.77 bits per heavy atom. The molecule has 0 saturated carbocycles. The number of imide groups is 1. The number of hydrogen-bond acceptors (Lipinski definition) is 5. The van der Waals surface area contributed by atoms with E-state index in [0.29, 0.717) is 24.2 Å². The van der Waals surface area contributed by atoms with Gasteiger partial charge >= 0.3 is 0 Å². The highest BCUT2D eigenvalue weighted by molar-refractivity contribution is 7.99. The van der Waals surface area contributed by atoms with Crippen molar-refractivity contribution in [1.29, 1.82) is 0 Å². The summed E-state index contributed by atoms with van der Waals surface area (Å²) in [6.45, 7) is 0.550. The molecule has 2 aromatic rings. The van der Waals surface area contributed by atoms with Crippen molar-refractivity contribution in [2.45, 2.75) is 23.9 Å². The molecule has 6 nitrogen and oxygen atoms in total. The summed E-state index contributed by atoms with van der Waals surface area (Å²) in [6, 6.07) is 11.7. The van der Waals surface area contributed by atoms with Crippen LogP contribution in [-0.2, 0) is 9.59 Å². The van der Waals surface area contributed by atoms with E-state index in [0.717, 1.165) is 11.4 Å². The third kappa shape index (κ3) is 2.88. The molecule has 7 heteroatoms. The van der Waals surface area contributed by atoms with Crippen molar-refractivity contribution < 1.29 is 14.4 Å². The van der Waals surface area contributed by atoms with Gasteiger partial charge in [0.15, 0.2) is 0 Å². The summed E-state index contributed by atoms with van der Waals surface area (Å²) < 4.78 is 0. The SMILES string of the molecule is O=C(CSc1ccccn1)N1C(=O)[C@H]2CCCN2C(=O)c2ccccc21. The van der Waals surface area contributed by atoms with E-state index >= 15 is 0 Å². The molecule has 2 aliphatic rings. The van der Waals surface area contributed by atoms with Crippen LogP contribution in [0.15, 0.2) is 53.7 Å². The van der Waals surface area contributed by atoms with Gasteiger partial charge in [-0.05, 0) is 37.1 Å². The highest BCUT2D eigenvalue weighted by Gasteiger charge is 2.43. The van der Waals surface area contributed by atoms with E-state index in [1.165, 1.54) is 16.7 Å². The maximum absolute atomic E-state index is 13.1. The summed E-state index contributed by atoms with van der Waals surface area (Å²) in [4.78, 5) is 45.8. The van der Waals surface area contributed by atoms with E-state index in [1.54, 1.807) is 41.4 Å². The Hall–Kier alpha value is -2.67. The molecule has 0 radical (unpaired) electrons. The van der Waals surface area contributed by atoms with Crippen LogP contribution in [0.5, 0.6) is 0 Å². The lowest BCUT2D eigenvalue weighted by Gasteiger charge is -2.24. The van der Waals surface area contributed by atoms with Gasteiger partial charge in [0.05, 0.1) is 22.0 Å². The maximum Gasteiger partial charge on any atom is 0.256 e. The number of thioether (sulfide) groups is 1. The van der Waals surface area contributed by atoms with Crippen molar-refractivity contribution in [3.8, 4) is 0 Å². The van der Waals surface area contributed by atoms with Crippen molar-refractivity contribution in [2.75, 3.05) is 17.2 Å². The summed E-state index contributed by atoms with van der Waals surface area (Å²) in [5, 5.41) is 0.718. The van der Waals surface area contributed by atoms with Crippen LogP contribution in [0.25, 0.3) is 0 Å². The number of para-hydroxylation sites is 1. The molecule has 1 aromatic carbocycles. The van der Waals surface area contributed by atoms with Gasteiger partial charge in [0.25, 0.3) is 11.8 Å².